The second-order valence-corrected chi connectivity index (χ2v) is 5.91. The molecule has 2 rings (SSSR count). The number of ether oxygens (including phenoxy) is 1. The average molecular weight is 307 g/mol. The van der Waals surface area contributed by atoms with E-state index in [1.165, 1.54) is 0 Å². The Balaban J connectivity index is 2.02. The first-order valence-electron chi connectivity index (χ1n) is 6.78. The SMILES string of the molecule is COc1nc(N(C)C)sc1CNc1ccc(CCO)cc1. The van der Waals surface area contributed by atoms with Crippen molar-refractivity contribution in [1.82, 2.24) is 4.98 Å². The zero-order valence-corrected chi connectivity index (χ0v) is 13.4. The van der Waals surface area contributed by atoms with Crippen molar-refractivity contribution < 1.29 is 9.84 Å². The molecule has 21 heavy (non-hydrogen) atoms. The number of thiazole rings is 1. The van der Waals surface area contributed by atoms with Crippen LogP contribution in [0.1, 0.15) is 10.4 Å². The van der Waals surface area contributed by atoms with Gasteiger partial charge in [-0.05, 0) is 24.1 Å². The topological polar surface area (TPSA) is 57.6 Å². The minimum absolute atomic E-state index is 0.179. The van der Waals surface area contributed by atoms with Gasteiger partial charge in [-0.1, -0.05) is 23.5 Å². The first-order valence-corrected chi connectivity index (χ1v) is 7.60. The maximum absolute atomic E-state index is 8.91. The van der Waals surface area contributed by atoms with Crippen molar-refractivity contribution in [3.8, 4) is 5.88 Å². The fraction of sp³-hybridized carbons (Fsp3) is 0.400. The summed E-state index contributed by atoms with van der Waals surface area (Å²) in [5.41, 5.74) is 2.17. The van der Waals surface area contributed by atoms with Crippen molar-refractivity contribution in [2.24, 2.45) is 0 Å². The number of hydrogen-bond donors (Lipinski definition) is 2. The van der Waals surface area contributed by atoms with Gasteiger partial charge in [0, 0.05) is 26.4 Å². The van der Waals surface area contributed by atoms with Crippen molar-refractivity contribution in [3.05, 3.63) is 34.7 Å². The van der Waals surface area contributed by atoms with Gasteiger partial charge in [-0.2, -0.15) is 4.98 Å². The molecule has 0 aliphatic heterocycles. The maximum Gasteiger partial charge on any atom is 0.231 e. The molecule has 0 amide bonds. The molecule has 2 aromatic rings. The molecule has 0 unspecified atom stereocenters. The quantitative estimate of drug-likeness (QED) is 0.822. The largest absolute Gasteiger partial charge is 0.480 e. The van der Waals surface area contributed by atoms with E-state index in [1.54, 1.807) is 18.4 Å². The third kappa shape index (κ3) is 4.09. The van der Waals surface area contributed by atoms with E-state index in [0.29, 0.717) is 18.8 Å². The number of nitrogens with zero attached hydrogens (tertiary/aromatic N) is 2. The minimum Gasteiger partial charge on any atom is -0.480 e. The number of hydrogen-bond acceptors (Lipinski definition) is 6. The Morgan fingerprint density at radius 2 is 2.00 bits per heavy atom. The first-order chi connectivity index (χ1) is 10.1. The molecular formula is C15H21N3O2S. The van der Waals surface area contributed by atoms with Crippen LogP contribution in [-0.4, -0.2) is 37.9 Å². The molecule has 0 spiro atoms. The van der Waals surface area contributed by atoms with Crippen LogP contribution in [0.3, 0.4) is 0 Å². The van der Waals surface area contributed by atoms with Crippen LogP contribution in [0.25, 0.3) is 0 Å². The van der Waals surface area contributed by atoms with E-state index in [9.17, 15) is 0 Å². The predicted octanol–water partition coefficient (Wildman–Crippen LogP) is 2.36. The number of aliphatic hydroxyl groups is 1. The minimum atomic E-state index is 0.179. The predicted molar refractivity (Wildman–Crippen MR) is 87.6 cm³/mol. The van der Waals surface area contributed by atoms with Crippen LogP contribution in [0.5, 0.6) is 5.88 Å². The molecule has 0 aliphatic rings. The lowest BCUT2D eigenvalue weighted by Crippen LogP contribution is -2.07. The number of rotatable bonds is 7. The molecule has 0 bridgehead atoms. The smallest absolute Gasteiger partial charge is 0.231 e. The third-order valence-corrected chi connectivity index (χ3v) is 4.24. The van der Waals surface area contributed by atoms with E-state index < -0.39 is 0 Å². The van der Waals surface area contributed by atoms with Crippen LogP contribution in [0, 0.1) is 0 Å². The Morgan fingerprint density at radius 3 is 2.57 bits per heavy atom. The zero-order chi connectivity index (χ0) is 15.2. The first kappa shape index (κ1) is 15.6. The standard InChI is InChI=1S/C15H21N3O2S/c1-18(2)15-17-14(20-3)13(21-15)10-16-12-6-4-11(5-7-12)8-9-19/h4-7,16,19H,8-10H2,1-3H3. The number of benzene rings is 1. The van der Waals surface area contributed by atoms with Crippen molar-refractivity contribution in [2.45, 2.75) is 13.0 Å². The van der Waals surface area contributed by atoms with Gasteiger partial charge in [0.25, 0.3) is 0 Å². The van der Waals surface area contributed by atoms with Crippen molar-refractivity contribution in [1.29, 1.82) is 0 Å². The Bertz CT molecular complexity index is 567. The van der Waals surface area contributed by atoms with Gasteiger partial charge in [0.1, 0.15) is 0 Å². The lowest BCUT2D eigenvalue weighted by atomic mass is 10.1. The number of anilines is 2. The van der Waals surface area contributed by atoms with Gasteiger partial charge < -0.3 is 20.1 Å². The average Bonchev–Trinajstić information content (AvgIpc) is 2.90. The van der Waals surface area contributed by atoms with E-state index in [0.717, 1.165) is 21.3 Å². The Morgan fingerprint density at radius 1 is 1.29 bits per heavy atom. The number of nitrogens with one attached hydrogen (secondary N) is 1. The molecule has 0 radical (unpaired) electrons. The zero-order valence-electron chi connectivity index (χ0n) is 12.6. The van der Waals surface area contributed by atoms with Crippen LogP contribution >= 0.6 is 11.3 Å². The third-order valence-electron chi connectivity index (χ3n) is 3.03. The highest BCUT2D eigenvalue weighted by Gasteiger charge is 2.12. The van der Waals surface area contributed by atoms with E-state index >= 15 is 0 Å². The van der Waals surface area contributed by atoms with Gasteiger partial charge >= 0.3 is 0 Å². The van der Waals surface area contributed by atoms with Crippen molar-refractivity contribution in [2.75, 3.05) is 38.0 Å². The molecule has 1 aromatic heterocycles. The molecule has 1 heterocycles. The highest BCUT2D eigenvalue weighted by atomic mass is 32.1. The monoisotopic (exact) mass is 307 g/mol. The molecule has 0 saturated heterocycles. The van der Waals surface area contributed by atoms with Gasteiger partial charge in [-0.25, -0.2) is 0 Å². The Labute approximate surface area is 129 Å². The van der Waals surface area contributed by atoms with Gasteiger partial charge in [-0.15, -0.1) is 0 Å². The fourth-order valence-corrected chi connectivity index (χ4v) is 2.78. The molecule has 0 atom stereocenters. The molecule has 1 aromatic carbocycles. The lowest BCUT2D eigenvalue weighted by molar-refractivity contribution is 0.299. The van der Waals surface area contributed by atoms with Crippen LogP contribution < -0.4 is 15.0 Å². The summed E-state index contributed by atoms with van der Waals surface area (Å²) in [4.78, 5) is 7.48. The summed E-state index contributed by atoms with van der Waals surface area (Å²) in [6, 6.07) is 8.08. The Kier molecular flexibility index (Phi) is 5.41. The second-order valence-electron chi connectivity index (χ2n) is 4.85. The summed E-state index contributed by atoms with van der Waals surface area (Å²) in [6.07, 6.45) is 0.690. The van der Waals surface area contributed by atoms with Crippen LogP contribution in [-0.2, 0) is 13.0 Å². The number of methoxy groups -OCH3 is 1. The lowest BCUT2D eigenvalue weighted by Gasteiger charge is -2.07. The summed E-state index contributed by atoms with van der Waals surface area (Å²) < 4.78 is 5.32. The molecule has 0 aliphatic carbocycles. The normalized spacial score (nSPS) is 10.5. The van der Waals surface area contributed by atoms with E-state index in [2.05, 4.69) is 10.3 Å². The summed E-state index contributed by atoms with van der Waals surface area (Å²) >= 11 is 1.62. The van der Waals surface area contributed by atoms with E-state index in [1.807, 2.05) is 43.3 Å². The molecule has 2 N–H and O–H groups in total. The highest BCUT2D eigenvalue weighted by Crippen LogP contribution is 2.30. The van der Waals surface area contributed by atoms with Crippen molar-refractivity contribution in [3.63, 3.8) is 0 Å². The van der Waals surface area contributed by atoms with Gasteiger partial charge in [0.2, 0.25) is 5.88 Å². The van der Waals surface area contributed by atoms with E-state index in [4.69, 9.17) is 9.84 Å². The van der Waals surface area contributed by atoms with Crippen LogP contribution in [0.2, 0.25) is 0 Å². The van der Waals surface area contributed by atoms with Gasteiger partial charge in [0.15, 0.2) is 5.13 Å². The second kappa shape index (κ2) is 7.28. The molecule has 0 saturated carbocycles. The summed E-state index contributed by atoms with van der Waals surface area (Å²) in [7, 11) is 5.58. The molecular weight excluding hydrogens is 286 g/mol. The van der Waals surface area contributed by atoms with Crippen LogP contribution in [0.15, 0.2) is 24.3 Å². The summed E-state index contributed by atoms with van der Waals surface area (Å²) in [5.74, 6) is 0.674. The van der Waals surface area contributed by atoms with Gasteiger partial charge in [-0.3, -0.25) is 0 Å². The molecule has 6 heteroatoms. The maximum atomic E-state index is 8.91. The summed E-state index contributed by atoms with van der Waals surface area (Å²) in [5, 5.41) is 13.2. The van der Waals surface area contributed by atoms with Crippen LogP contribution in [0.4, 0.5) is 10.8 Å². The van der Waals surface area contributed by atoms with E-state index in [-0.39, 0.29) is 6.61 Å². The van der Waals surface area contributed by atoms with Gasteiger partial charge in [0.05, 0.1) is 18.5 Å². The van der Waals surface area contributed by atoms with Crippen molar-refractivity contribution >= 4 is 22.2 Å². The molecule has 114 valence electrons. The molecule has 0 fully saturated rings. The number of aromatic nitrogens is 1. The fourth-order valence-electron chi connectivity index (χ4n) is 1.89. The highest BCUT2D eigenvalue weighted by molar-refractivity contribution is 7.15. The number of aliphatic hydroxyl groups excluding tert-OH is 1. The Hall–Kier alpha value is -1.79. The molecule has 5 nitrogen and oxygen atoms in total. The summed E-state index contributed by atoms with van der Waals surface area (Å²) in [6.45, 7) is 0.853.